The average molecular weight is 1860 g/mol. The summed E-state index contributed by atoms with van der Waals surface area (Å²) in [6.45, 7) is 25.5. The predicted molar refractivity (Wildman–Crippen MR) is 530 cm³/mol. The van der Waals surface area contributed by atoms with Crippen LogP contribution in [0.3, 0.4) is 0 Å². The molecule has 0 aliphatic carbocycles. The first kappa shape index (κ1) is 92.6. The number of H-pyrrole nitrogens is 2. The number of anilines is 8. The number of rotatable bonds is 40. The minimum Gasteiger partial charge on any atom is -0.492 e. The van der Waals surface area contributed by atoms with Crippen LogP contribution in [0, 0.1) is 0 Å². The van der Waals surface area contributed by atoms with Crippen molar-refractivity contribution in [2.24, 2.45) is 0 Å². The molecule has 17 rings (SSSR count). The maximum atomic E-state index is 15.3. The first-order valence-electron chi connectivity index (χ1n) is 47.7. The molecule has 0 radical (unpaired) electrons. The van der Waals surface area contributed by atoms with Crippen LogP contribution in [0.5, 0.6) is 46.0 Å². The predicted octanol–water partition coefficient (Wildman–Crippen LogP) is 28.0. The highest BCUT2D eigenvalue weighted by Gasteiger charge is 2.46. The monoisotopic (exact) mass is 1850 g/mol. The summed E-state index contributed by atoms with van der Waals surface area (Å²) in [4.78, 5) is 118. The molecule has 0 saturated carbocycles. The number of ether oxygens (including phenoxy) is 8. The zero-order chi connectivity index (χ0) is 91.8. The fraction of sp³-hybridized carbons (Fsp3) is 0.423. The number of benzene rings is 8. The Balaban J connectivity index is 1.16. The van der Waals surface area contributed by atoms with Crippen LogP contribution in [0.15, 0.2) is 136 Å². The van der Waals surface area contributed by atoms with Gasteiger partial charge in [0, 0.05) is 47.3 Å². The van der Waals surface area contributed by atoms with Gasteiger partial charge in [0.2, 0.25) is 23.6 Å². The van der Waals surface area contributed by atoms with Gasteiger partial charge in [-0.25, -0.2) is 29.9 Å². The van der Waals surface area contributed by atoms with E-state index in [1.807, 2.05) is 97.1 Å². The quantitative estimate of drug-likeness (QED) is 0.0338. The molecule has 24 nitrogen and oxygen atoms in total. The lowest BCUT2D eigenvalue weighted by Crippen LogP contribution is -2.27. The molecule has 6 aliphatic heterocycles. The SMILES string of the molecule is CCCCCOc1c2c(c(OCCCCC)c3c1-c1nc-3nc3[nH]c(nc4nc(nc5[nH]c(n1)c1c(OCCCCC)c6c(c(OCCCCC)c51)N(C(C)=O)c1ccccc1S6)-c1c(OCCCCC)c5c(c(OCCCCC)c1-4)N(C(C)=O)c1ccccc1S5)c1c(OCCCCC)c4c(c(OCCCCC)c31)Sc1ccccc1N4C(C)=O)N(C(C)=O)c1ccccc1S2. The molecule has 690 valence electrons. The van der Waals surface area contributed by atoms with Gasteiger partial charge in [0.05, 0.1) is 139 Å². The number of unbranched alkanes of at least 4 members (excludes halogenated alkanes) is 16. The summed E-state index contributed by atoms with van der Waals surface area (Å²) in [5.41, 5.74) is 6.91. The number of fused-ring (bicyclic) bond motifs is 28. The highest BCUT2D eigenvalue weighted by atomic mass is 32.2. The van der Waals surface area contributed by atoms with Gasteiger partial charge < -0.3 is 47.9 Å². The maximum absolute atomic E-state index is 15.3. The lowest BCUT2D eigenvalue weighted by Gasteiger charge is -2.34. The summed E-state index contributed by atoms with van der Waals surface area (Å²) in [5, 5.41) is 1.72. The molecule has 28 heteroatoms. The van der Waals surface area contributed by atoms with Crippen LogP contribution in [0.2, 0.25) is 0 Å². The van der Waals surface area contributed by atoms with Gasteiger partial charge in [0.25, 0.3) is 0 Å². The zero-order valence-corrected chi connectivity index (χ0v) is 81.1. The van der Waals surface area contributed by atoms with Crippen molar-refractivity contribution in [3.8, 4) is 91.5 Å². The molecule has 2 N–H and O–H groups in total. The molecule has 0 fully saturated rings. The number of amides is 4. The largest absolute Gasteiger partial charge is 0.492 e. The van der Waals surface area contributed by atoms with Crippen molar-refractivity contribution in [1.29, 1.82) is 0 Å². The number of nitrogens with zero attached hydrogens (tertiary/aromatic N) is 10. The fourth-order valence-electron chi connectivity index (χ4n) is 18.1. The second-order valence-corrected chi connectivity index (χ2v) is 38.3. The Labute approximate surface area is 789 Å². The number of para-hydroxylation sites is 4. The van der Waals surface area contributed by atoms with Gasteiger partial charge in [0.1, 0.15) is 68.3 Å². The maximum Gasteiger partial charge on any atom is 0.228 e. The Morgan fingerprint density at radius 2 is 0.455 bits per heavy atom. The van der Waals surface area contributed by atoms with E-state index >= 15 is 19.2 Å². The fourth-order valence-corrected chi connectivity index (χ4v) is 22.7. The van der Waals surface area contributed by atoms with Crippen molar-refractivity contribution in [3.05, 3.63) is 97.1 Å². The van der Waals surface area contributed by atoms with E-state index < -0.39 is 0 Å². The minimum atomic E-state index is -0.277. The van der Waals surface area contributed by atoms with Gasteiger partial charge in [-0.1, -0.05) is 254 Å². The van der Waals surface area contributed by atoms with Gasteiger partial charge in [-0.05, 0) is 99.9 Å². The summed E-state index contributed by atoms with van der Waals surface area (Å²) >= 11 is 5.97. The number of aromatic amines is 2. The third kappa shape index (κ3) is 17.7. The Morgan fingerprint density at radius 3 is 0.697 bits per heavy atom. The van der Waals surface area contributed by atoms with Crippen LogP contribution in [-0.4, -0.2) is 116 Å². The number of carbonyl (C=O) groups is 4. The van der Waals surface area contributed by atoms with E-state index in [4.69, 9.17) is 67.8 Å². The number of hydrogen-bond acceptors (Lipinski definition) is 22. The van der Waals surface area contributed by atoms with Crippen LogP contribution < -0.4 is 57.5 Å². The summed E-state index contributed by atoms with van der Waals surface area (Å²) in [7, 11) is 0. The molecule has 132 heavy (non-hydrogen) atoms. The Morgan fingerprint density at radius 1 is 0.258 bits per heavy atom. The molecule has 11 aromatic rings. The second-order valence-electron chi connectivity index (χ2n) is 34.1. The molecule has 0 saturated heterocycles. The lowest BCUT2D eigenvalue weighted by molar-refractivity contribution is -0.116. The van der Waals surface area contributed by atoms with Crippen molar-refractivity contribution >= 4 is 160 Å². The van der Waals surface area contributed by atoms with Crippen molar-refractivity contribution in [3.63, 3.8) is 0 Å². The Hall–Kier alpha value is -11.2. The molecule has 6 aliphatic rings. The van der Waals surface area contributed by atoms with Gasteiger partial charge in [-0.2, -0.15) is 0 Å². The smallest absolute Gasteiger partial charge is 0.228 e. The molecule has 9 heterocycles. The van der Waals surface area contributed by atoms with E-state index in [1.165, 1.54) is 47.0 Å². The molecule has 3 aromatic heterocycles. The molecule has 0 unspecified atom stereocenters. The number of hydrogen-bond donors (Lipinski definition) is 2. The van der Waals surface area contributed by atoms with E-state index in [9.17, 15) is 0 Å². The van der Waals surface area contributed by atoms with Crippen LogP contribution >= 0.6 is 47.0 Å². The van der Waals surface area contributed by atoms with Gasteiger partial charge in [-0.15, -0.1) is 0 Å². The summed E-state index contributed by atoms with van der Waals surface area (Å²) in [6.07, 6.45) is 19.2. The lowest BCUT2D eigenvalue weighted by atomic mass is 10.0. The van der Waals surface area contributed by atoms with E-state index in [0.29, 0.717) is 206 Å². The highest BCUT2D eigenvalue weighted by molar-refractivity contribution is 8.00. The molecule has 4 amide bonds. The zero-order valence-electron chi connectivity index (χ0n) is 77.9. The topological polar surface area (TPSA) is 264 Å². The molecule has 8 aromatic carbocycles. The average Bonchev–Trinajstić information content (AvgIpc) is 1.52. The van der Waals surface area contributed by atoms with Crippen LogP contribution in [0.1, 0.15) is 237 Å². The number of nitrogens with one attached hydrogen (secondary N) is 2. The van der Waals surface area contributed by atoms with Crippen LogP contribution in [-0.2, 0) is 19.2 Å². The van der Waals surface area contributed by atoms with E-state index in [1.54, 1.807) is 47.3 Å². The molecule has 0 atom stereocenters. The van der Waals surface area contributed by atoms with Crippen molar-refractivity contribution < 1.29 is 57.1 Å². The summed E-state index contributed by atoms with van der Waals surface area (Å²) in [6, 6.07) is 31.6. The minimum absolute atomic E-state index is 0.0956. The van der Waals surface area contributed by atoms with E-state index in [-0.39, 0.29) is 122 Å². The first-order chi connectivity index (χ1) is 64.6. The van der Waals surface area contributed by atoms with Crippen LogP contribution in [0.4, 0.5) is 45.5 Å². The number of carbonyl (C=O) groups excluding carboxylic acids is 4. The first-order valence-corrected chi connectivity index (χ1v) is 51.0. The van der Waals surface area contributed by atoms with Gasteiger partial charge in [0.15, 0.2) is 46.3 Å². The van der Waals surface area contributed by atoms with Gasteiger partial charge in [-0.3, -0.25) is 38.8 Å². The van der Waals surface area contributed by atoms with Crippen molar-refractivity contribution in [2.45, 2.75) is 276 Å². The summed E-state index contributed by atoms with van der Waals surface area (Å²) in [5.74, 6) is 2.30. The van der Waals surface area contributed by atoms with E-state index in [0.717, 1.165) is 122 Å². The highest BCUT2D eigenvalue weighted by Crippen LogP contribution is 2.68. The normalized spacial score (nSPS) is 13.0. The van der Waals surface area contributed by atoms with Crippen molar-refractivity contribution in [2.75, 3.05) is 72.5 Å². The molecular weight excluding hydrogens is 1740 g/mol. The van der Waals surface area contributed by atoms with Gasteiger partial charge >= 0.3 is 0 Å². The molecule has 8 bridgehead atoms. The third-order valence-electron chi connectivity index (χ3n) is 24.4. The second kappa shape index (κ2) is 41.9. The Kier molecular flexibility index (Phi) is 29.4. The van der Waals surface area contributed by atoms with Crippen molar-refractivity contribution in [1.82, 2.24) is 39.9 Å². The summed E-state index contributed by atoms with van der Waals surface area (Å²) < 4.78 is 60.4. The molecular formula is C104H118N12O12S4. The Bertz CT molecular complexity index is 6440. The molecule has 0 spiro atoms. The van der Waals surface area contributed by atoms with E-state index in [2.05, 4.69) is 65.4 Å². The third-order valence-corrected chi connectivity index (χ3v) is 28.9. The van der Waals surface area contributed by atoms with Crippen LogP contribution in [0.25, 0.3) is 89.7 Å². The standard InChI is InChI=1S/C104H118N12O12S4/c1-13-21-37-53-121-85-73-77(89(125-57-41-25-17-5)93-81(85)113(61(9)117)65-45-29-33-49-69(65)129-93)101-106-97(73)105-98-74-78(90(126-58-42-26-18-6)94-82(86(74)122-54-38-22-14-2)114(62(10)118)66-46-30-34-50-70(66)130-94)102(107-98)109-100-76-80(92(128-60-44-28-20-8)96-84(88(76)124-56-40-24-16-4)116(64(12)120)68-48-32-36-52-72(68)132-96)104(111-100)112-103-79-75(99(108-101)110-103)87(123-55-39-23-15-3)83-95(91(79)127-59-43-27-19-7)131-71-51-35-31-47-67(71)115(83)63(11)119/h29-36,45-52H,13-28,37-44,53-60H2,1-12H3,(H2,105,106,107,108,109,110,111,112). The number of aromatic nitrogens is 8.